The largest absolute Gasteiger partial charge is 0.379 e. The first-order valence-electron chi connectivity index (χ1n) is 18.2. The third-order valence-corrected chi connectivity index (χ3v) is 9.18. The molecule has 1 aliphatic rings. The lowest BCUT2D eigenvalue weighted by Gasteiger charge is -2.33. The molecular weight excluding hydrogens is 773 g/mol. The van der Waals surface area contributed by atoms with Crippen LogP contribution in [0.4, 0.5) is 21.9 Å². The summed E-state index contributed by atoms with van der Waals surface area (Å²) in [5, 5.41) is 34.6. The van der Waals surface area contributed by atoms with Crippen molar-refractivity contribution in [2.75, 3.05) is 84.3 Å². The maximum atomic E-state index is 12.5. The molecule has 3 aromatic rings. The lowest BCUT2D eigenvalue weighted by atomic mass is 10.1. The molecule has 1 heterocycles. The quantitative estimate of drug-likeness (QED) is 0.0524. The van der Waals surface area contributed by atoms with Gasteiger partial charge in [-0.3, -0.25) is 29.9 Å². The molecule has 0 spiro atoms. The number of hydrogen-bond acceptors (Lipinski definition) is 12. The number of nitro benzene ring substituents is 2. The molecule has 56 heavy (non-hydrogen) atoms. The summed E-state index contributed by atoms with van der Waals surface area (Å²) in [7, 11) is 0. The summed E-state index contributed by atoms with van der Waals surface area (Å²) in [6, 6.07) is 15.8. The van der Waals surface area contributed by atoms with E-state index in [1.807, 2.05) is 12.1 Å². The molecule has 19 heteroatoms. The van der Waals surface area contributed by atoms with Crippen molar-refractivity contribution >= 4 is 52.2 Å². The third-order valence-electron chi connectivity index (χ3n) is 8.44. The van der Waals surface area contributed by atoms with Gasteiger partial charge in [0.2, 0.25) is 0 Å². The number of ether oxygens (including phenoxy) is 4. The topological polar surface area (TPSA) is 209 Å². The Morgan fingerprint density at radius 3 is 2.14 bits per heavy atom. The Hall–Kier alpha value is -4.62. The number of carbonyl (C=O) groups is 2. The highest BCUT2D eigenvalue weighted by molar-refractivity contribution is 6.42. The van der Waals surface area contributed by atoms with Crippen LogP contribution in [0.15, 0.2) is 60.7 Å². The molecule has 0 saturated carbocycles. The maximum Gasteiger partial charge on any atom is 0.315 e. The van der Waals surface area contributed by atoms with Crippen LogP contribution in [-0.4, -0.2) is 112 Å². The number of urea groups is 1. The second-order valence-electron chi connectivity index (χ2n) is 12.7. The molecule has 4 rings (SSSR count). The Balaban J connectivity index is 0.955. The normalized spacial score (nSPS) is 14.2. The van der Waals surface area contributed by atoms with E-state index in [2.05, 4.69) is 26.2 Å². The van der Waals surface area contributed by atoms with Crippen LogP contribution in [0.25, 0.3) is 0 Å². The maximum absolute atomic E-state index is 12.5. The molecule has 304 valence electrons. The summed E-state index contributed by atoms with van der Waals surface area (Å²) in [6.07, 6.45) is 1.06. The van der Waals surface area contributed by atoms with E-state index >= 15 is 0 Å². The standard InChI is InChI=1S/C37H47Cl2N7O10/c38-32-9-5-28(21-33(32)39)25-44-13-16-56-31(26-44)24-43-37(48)42-23-27-3-6-29(7-4-27)36(47)41-12-2-15-54-18-20-55-19-17-53-14-1-11-40-34-10-8-30(45(49)50)22-35(34)46(51)52/h3-10,21-22,31,40H,1-2,11-20,23-26H2,(H,41,47)(H2,42,43,48). The van der Waals surface area contributed by atoms with Crippen LogP contribution in [0, 0.1) is 20.2 Å². The molecule has 1 saturated heterocycles. The number of anilines is 1. The first-order valence-corrected chi connectivity index (χ1v) is 18.9. The average molecular weight is 821 g/mol. The van der Waals surface area contributed by atoms with Crippen LogP contribution in [0.2, 0.25) is 10.0 Å². The monoisotopic (exact) mass is 819 g/mol. The molecule has 3 amide bonds. The molecule has 1 fully saturated rings. The number of non-ortho nitro benzene ring substituents is 1. The van der Waals surface area contributed by atoms with Gasteiger partial charge in [0.25, 0.3) is 17.3 Å². The smallest absolute Gasteiger partial charge is 0.315 e. The molecule has 0 aliphatic carbocycles. The van der Waals surface area contributed by atoms with Crippen LogP contribution in [0.1, 0.15) is 34.3 Å². The molecule has 1 aliphatic heterocycles. The van der Waals surface area contributed by atoms with E-state index in [0.717, 1.165) is 23.7 Å². The van der Waals surface area contributed by atoms with Crippen LogP contribution in [0.3, 0.4) is 0 Å². The fraction of sp³-hybridized carbons (Fsp3) is 0.459. The van der Waals surface area contributed by atoms with Crippen LogP contribution in [0.5, 0.6) is 0 Å². The Kier molecular flexibility index (Phi) is 19.0. The Bertz CT molecular complexity index is 1740. The van der Waals surface area contributed by atoms with Gasteiger partial charge < -0.3 is 40.2 Å². The highest BCUT2D eigenvalue weighted by Crippen LogP contribution is 2.29. The zero-order chi connectivity index (χ0) is 40.1. The Morgan fingerprint density at radius 2 is 1.46 bits per heavy atom. The predicted octanol–water partition coefficient (Wildman–Crippen LogP) is 5.18. The van der Waals surface area contributed by atoms with Crippen molar-refractivity contribution in [2.24, 2.45) is 0 Å². The average Bonchev–Trinajstić information content (AvgIpc) is 3.19. The van der Waals surface area contributed by atoms with Crippen molar-refractivity contribution in [2.45, 2.75) is 32.0 Å². The molecule has 17 nitrogen and oxygen atoms in total. The van der Waals surface area contributed by atoms with Crippen LogP contribution in [-0.2, 0) is 32.0 Å². The number of nitrogens with zero attached hydrogens (tertiary/aromatic N) is 3. The SMILES string of the molecule is O=C(NCc1ccc(C(=O)NCCCOCCOCCOCCCNc2ccc([N+](=O)[O-])cc2[N+](=O)[O-])cc1)NCC1CN(Cc2ccc(Cl)c(Cl)c2)CCO1. The number of benzene rings is 3. The Morgan fingerprint density at radius 1 is 0.786 bits per heavy atom. The van der Waals surface area contributed by atoms with Crippen molar-refractivity contribution in [1.29, 1.82) is 0 Å². The lowest BCUT2D eigenvalue weighted by Crippen LogP contribution is -2.48. The van der Waals surface area contributed by atoms with Gasteiger partial charge in [0.1, 0.15) is 5.69 Å². The number of carbonyl (C=O) groups excluding carboxylic acids is 2. The van der Waals surface area contributed by atoms with Crippen molar-refractivity contribution in [1.82, 2.24) is 20.9 Å². The number of amides is 3. The molecule has 1 atom stereocenters. The minimum Gasteiger partial charge on any atom is -0.379 e. The van der Waals surface area contributed by atoms with Gasteiger partial charge in [-0.2, -0.15) is 0 Å². The molecule has 4 N–H and O–H groups in total. The summed E-state index contributed by atoms with van der Waals surface area (Å²) < 4.78 is 22.4. The van der Waals surface area contributed by atoms with Gasteiger partial charge in [-0.05, 0) is 54.3 Å². The second-order valence-corrected chi connectivity index (χ2v) is 13.5. The summed E-state index contributed by atoms with van der Waals surface area (Å²) >= 11 is 12.2. The highest BCUT2D eigenvalue weighted by atomic mass is 35.5. The van der Waals surface area contributed by atoms with Gasteiger partial charge >= 0.3 is 6.03 Å². The van der Waals surface area contributed by atoms with Crippen LogP contribution >= 0.6 is 23.2 Å². The molecule has 0 bridgehead atoms. The van der Waals surface area contributed by atoms with Crippen LogP contribution < -0.4 is 21.3 Å². The third kappa shape index (κ3) is 15.9. The molecule has 0 aromatic heterocycles. The van der Waals surface area contributed by atoms with Crippen molar-refractivity contribution < 1.29 is 38.4 Å². The molecule has 1 unspecified atom stereocenters. The van der Waals surface area contributed by atoms with E-state index in [0.29, 0.717) is 114 Å². The molecular formula is C37H47Cl2N7O10. The van der Waals surface area contributed by atoms with E-state index in [1.54, 1.807) is 30.3 Å². The lowest BCUT2D eigenvalue weighted by molar-refractivity contribution is -0.393. The van der Waals surface area contributed by atoms with Gasteiger partial charge in [0.15, 0.2) is 0 Å². The second kappa shape index (κ2) is 24.1. The fourth-order valence-corrected chi connectivity index (χ4v) is 5.84. The van der Waals surface area contributed by atoms with Gasteiger partial charge in [0, 0.05) is 70.7 Å². The minimum absolute atomic E-state index is 0.140. The minimum atomic E-state index is -0.679. The van der Waals surface area contributed by atoms with E-state index in [9.17, 15) is 29.8 Å². The van der Waals surface area contributed by atoms with E-state index in [1.165, 1.54) is 12.1 Å². The number of morpholine rings is 1. The van der Waals surface area contributed by atoms with Crippen molar-refractivity contribution in [3.63, 3.8) is 0 Å². The zero-order valence-corrected chi connectivity index (χ0v) is 32.4. The summed E-state index contributed by atoms with van der Waals surface area (Å²) in [5.41, 5.74) is 1.93. The van der Waals surface area contributed by atoms with Gasteiger partial charge in [-0.1, -0.05) is 41.4 Å². The Labute approximate surface area is 334 Å². The summed E-state index contributed by atoms with van der Waals surface area (Å²) in [6.45, 7) is 6.63. The number of halogens is 2. The first kappa shape index (κ1) is 44.1. The van der Waals surface area contributed by atoms with Crippen molar-refractivity contribution in [3.8, 4) is 0 Å². The molecule has 0 radical (unpaired) electrons. The van der Waals surface area contributed by atoms with E-state index in [4.69, 9.17) is 42.1 Å². The van der Waals surface area contributed by atoms with Gasteiger partial charge in [-0.15, -0.1) is 0 Å². The predicted molar refractivity (Wildman–Crippen MR) is 210 cm³/mol. The first-order chi connectivity index (χ1) is 27.1. The van der Waals surface area contributed by atoms with Gasteiger partial charge in [-0.25, -0.2) is 4.79 Å². The summed E-state index contributed by atoms with van der Waals surface area (Å²) in [4.78, 5) is 47.9. The number of hydrogen-bond donors (Lipinski definition) is 4. The number of nitro groups is 2. The van der Waals surface area contributed by atoms with E-state index < -0.39 is 9.85 Å². The summed E-state index contributed by atoms with van der Waals surface area (Å²) in [5.74, 6) is -0.199. The van der Waals surface area contributed by atoms with Crippen molar-refractivity contribution in [3.05, 3.63) is 108 Å². The van der Waals surface area contributed by atoms with Gasteiger partial charge in [0.05, 0.1) is 65.1 Å². The van der Waals surface area contributed by atoms with E-state index in [-0.39, 0.29) is 35.1 Å². The number of rotatable bonds is 24. The zero-order valence-electron chi connectivity index (χ0n) is 30.8. The number of nitrogens with one attached hydrogen (secondary N) is 4. The fourth-order valence-electron chi connectivity index (χ4n) is 5.52. The molecule has 3 aromatic carbocycles. The highest BCUT2D eigenvalue weighted by Gasteiger charge is 2.22.